The van der Waals surface area contributed by atoms with Gasteiger partial charge >= 0.3 is 0 Å². The fraction of sp³-hybridized carbons (Fsp3) is 0.250. The molecule has 1 aliphatic rings. The average molecular weight is 249 g/mol. The summed E-state index contributed by atoms with van der Waals surface area (Å²) < 4.78 is 0. The van der Waals surface area contributed by atoms with E-state index >= 15 is 0 Å². The van der Waals surface area contributed by atoms with Crippen molar-refractivity contribution in [2.75, 3.05) is 18.0 Å². The first-order valence-corrected chi connectivity index (χ1v) is 6.48. The van der Waals surface area contributed by atoms with Crippen LogP contribution in [0.5, 0.6) is 0 Å². The van der Waals surface area contributed by atoms with Crippen molar-refractivity contribution in [1.29, 1.82) is 5.26 Å². The number of benzene rings is 1. The van der Waals surface area contributed by atoms with Crippen LogP contribution in [-0.2, 0) is 0 Å². The van der Waals surface area contributed by atoms with Gasteiger partial charge in [-0.1, -0.05) is 29.8 Å². The van der Waals surface area contributed by atoms with Gasteiger partial charge in [0.05, 0.1) is 16.8 Å². The summed E-state index contributed by atoms with van der Waals surface area (Å²) in [5.41, 5.74) is 4.05. The van der Waals surface area contributed by atoms with E-state index in [0.29, 0.717) is 5.56 Å². The van der Waals surface area contributed by atoms with E-state index < -0.39 is 0 Å². The van der Waals surface area contributed by atoms with Gasteiger partial charge < -0.3 is 4.90 Å². The molecule has 3 rings (SSSR count). The molecule has 0 aliphatic carbocycles. The van der Waals surface area contributed by atoms with Gasteiger partial charge in [0.2, 0.25) is 0 Å². The van der Waals surface area contributed by atoms with Crippen LogP contribution in [0.2, 0.25) is 0 Å². The van der Waals surface area contributed by atoms with E-state index in [9.17, 15) is 5.26 Å². The number of hydrogen-bond acceptors (Lipinski definition) is 3. The maximum Gasteiger partial charge on any atom is 0.103 e. The van der Waals surface area contributed by atoms with Crippen molar-refractivity contribution in [2.24, 2.45) is 0 Å². The van der Waals surface area contributed by atoms with Gasteiger partial charge in [0, 0.05) is 24.7 Å². The van der Waals surface area contributed by atoms with Gasteiger partial charge in [0.25, 0.3) is 0 Å². The van der Waals surface area contributed by atoms with Crippen molar-refractivity contribution in [3.8, 4) is 6.07 Å². The Morgan fingerprint density at radius 1 is 1.32 bits per heavy atom. The molecular formula is C16H15N3. The van der Waals surface area contributed by atoms with Crippen molar-refractivity contribution < 1.29 is 0 Å². The average Bonchev–Trinajstić information content (AvgIpc) is 2.47. The molecule has 0 radical (unpaired) electrons. The van der Waals surface area contributed by atoms with Crippen molar-refractivity contribution in [3.63, 3.8) is 0 Å². The van der Waals surface area contributed by atoms with E-state index in [1.54, 1.807) is 6.20 Å². The zero-order valence-corrected chi connectivity index (χ0v) is 10.9. The summed E-state index contributed by atoms with van der Waals surface area (Å²) in [6.07, 6.45) is 4.98. The SMILES string of the molecule is CC1=CCN(c2c(C#N)cnc3ccccc23)CC1. The molecule has 0 bridgehead atoms. The van der Waals surface area contributed by atoms with Gasteiger partial charge in [-0.25, -0.2) is 0 Å². The quantitative estimate of drug-likeness (QED) is 0.728. The molecule has 0 saturated carbocycles. The van der Waals surface area contributed by atoms with Crippen molar-refractivity contribution in [2.45, 2.75) is 13.3 Å². The van der Waals surface area contributed by atoms with Gasteiger partial charge in [-0.3, -0.25) is 4.98 Å². The summed E-state index contributed by atoms with van der Waals surface area (Å²) in [6.45, 7) is 3.99. The highest BCUT2D eigenvalue weighted by molar-refractivity contribution is 5.94. The van der Waals surface area contributed by atoms with Crippen molar-refractivity contribution in [3.05, 3.63) is 47.7 Å². The topological polar surface area (TPSA) is 39.9 Å². The minimum absolute atomic E-state index is 0.659. The molecule has 2 heterocycles. The predicted octanol–water partition coefficient (Wildman–Crippen LogP) is 3.26. The summed E-state index contributed by atoms with van der Waals surface area (Å²) in [6, 6.07) is 10.3. The Kier molecular flexibility index (Phi) is 2.92. The van der Waals surface area contributed by atoms with Crippen LogP contribution in [0.25, 0.3) is 10.9 Å². The van der Waals surface area contributed by atoms with Crippen LogP contribution in [0.3, 0.4) is 0 Å². The van der Waals surface area contributed by atoms with Crippen LogP contribution in [0.1, 0.15) is 18.9 Å². The number of fused-ring (bicyclic) bond motifs is 1. The molecule has 2 aromatic rings. The van der Waals surface area contributed by atoms with Gasteiger partial charge in [-0.2, -0.15) is 5.26 Å². The fourth-order valence-electron chi connectivity index (χ4n) is 2.52. The predicted molar refractivity (Wildman–Crippen MR) is 77.0 cm³/mol. The first-order chi connectivity index (χ1) is 9.29. The standard InChI is InChI=1S/C16H15N3/c1-12-6-8-19(9-7-12)16-13(10-17)11-18-15-5-3-2-4-14(15)16/h2-6,11H,7-9H2,1H3. The molecule has 19 heavy (non-hydrogen) atoms. The first kappa shape index (κ1) is 11.7. The minimum Gasteiger partial charge on any atom is -0.366 e. The minimum atomic E-state index is 0.659. The zero-order chi connectivity index (χ0) is 13.2. The number of aromatic nitrogens is 1. The Bertz CT molecular complexity index is 695. The number of nitriles is 1. The van der Waals surface area contributed by atoms with E-state index in [4.69, 9.17) is 0 Å². The van der Waals surface area contributed by atoms with Gasteiger partial charge in [0.1, 0.15) is 6.07 Å². The second kappa shape index (κ2) is 4.74. The maximum atomic E-state index is 9.33. The van der Waals surface area contributed by atoms with Gasteiger partial charge in [0.15, 0.2) is 0 Å². The molecule has 1 aliphatic heterocycles. The summed E-state index contributed by atoms with van der Waals surface area (Å²) >= 11 is 0. The van der Waals surface area contributed by atoms with Crippen LogP contribution >= 0.6 is 0 Å². The lowest BCUT2D eigenvalue weighted by atomic mass is 10.0. The molecule has 3 nitrogen and oxygen atoms in total. The van der Waals surface area contributed by atoms with Crippen molar-refractivity contribution >= 4 is 16.6 Å². The lowest BCUT2D eigenvalue weighted by Crippen LogP contribution is -2.29. The molecule has 0 amide bonds. The van der Waals surface area contributed by atoms with Gasteiger partial charge in [-0.05, 0) is 19.4 Å². The molecule has 94 valence electrons. The Labute approximate surface area is 112 Å². The number of anilines is 1. The fourth-order valence-corrected chi connectivity index (χ4v) is 2.52. The highest BCUT2D eigenvalue weighted by Crippen LogP contribution is 2.30. The monoisotopic (exact) mass is 249 g/mol. The Morgan fingerprint density at radius 3 is 2.89 bits per heavy atom. The molecule has 1 aromatic carbocycles. The molecule has 0 fully saturated rings. The molecule has 0 unspecified atom stereocenters. The number of hydrogen-bond donors (Lipinski definition) is 0. The Hall–Kier alpha value is -2.34. The lowest BCUT2D eigenvalue weighted by molar-refractivity contribution is 0.789. The molecule has 0 spiro atoms. The number of pyridine rings is 1. The molecule has 1 aromatic heterocycles. The molecule has 0 atom stereocenters. The van der Waals surface area contributed by atoms with Crippen LogP contribution < -0.4 is 4.90 Å². The normalized spacial score (nSPS) is 15.2. The third-order valence-electron chi connectivity index (χ3n) is 3.62. The Morgan fingerprint density at radius 2 is 2.16 bits per heavy atom. The van der Waals surface area contributed by atoms with Crippen LogP contribution in [0.4, 0.5) is 5.69 Å². The lowest BCUT2D eigenvalue weighted by Gasteiger charge is -2.29. The summed E-state index contributed by atoms with van der Waals surface area (Å²) in [4.78, 5) is 6.63. The smallest absolute Gasteiger partial charge is 0.103 e. The third-order valence-corrected chi connectivity index (χ3v) is 3.62. The van der Waals surface area contributed by atoms with E-state index in [-0.39, 0.29) is 0 Å². The zero-order valence-electron chi connectivity index (χ0n) is 10.9. The van der Waals surface area contributed by atoms with Crippen LogP contribution in [0, 0.1) is 11.3 Å². The third kappa shape index (κ3) is 2.06. The van der Waals surface area contributed by atoms with E-state index in [1.165, 1.54) is 5.57 Å². The van der Waals surface area contributed by atoms with Gasteiger partial charge in [-0.15, -0.1) is 0 Å². The maximum absolute atomic E-state index is 9.33. The molecular weight excluding hydrogens is 234 g/mol. The van der Waals surface area contributed by atoms with E-state index in [0.717, 1.165) is 36.1 Å². The summed E-state index contributed by atoms with van der Waals surface area (Å²) in [5, 5.41) is 10.4. The highest BCUT2D eigenvalue weighted by atomic mass is 15.1. The van der Waals surface area contributed by atoms with E-state index in [2.05, 4.69) is 29.0 Å². The molecule has 3 heteroatoms. The van der Waals surface area contributed by atoms with E-state index in [1.807, 2.05) is 24.3 Å². The summed E-state index contributed by atoms with van der Waals surface area (Å²) in [7, 11) is 0. The van der Waals surface area contributed by atoms with Crippen LogP contribution in [-0.4, -0.2) is 18.1 Å². The Balaban J connectivity index is 2.18. The number of para-hydroxylation sites is 1. The second-order valence-electron chi connectivity index (χ2n) is 4.90. The van der Waals surface area contributed by atoms with Crippen LogP contribution in [0.15, 0.2) is 42.1 Å². The number of nitrogens with zero attached hydrogens (tertiary/aromatic N) is 3. The highest BCUT2D eigenvalue weighted by Gasteiger charge is 2.17. The molecule has 0 saturated heterocycles. The molecule has 0 N–H and O–H groups in total. The second-order valence-corrected chi connectivity index (χ2v) is 4.90. The number of rotatable bonds is 1. The largest absolute Gasteiger partial charge is 0.366 e. The summed E-state index contributed by atoms with van der Waals surface area (Å²) in [5.74, 6) is 0. The van der Waals surface area contributed by atoms with Crippen molar-refractivity contribution in [1.82, 2.24) is 4.98 Å². The first-order valence-electron chi connectivity index (χ1n) is 6.48.